The molecule has 0 spiro atoms. The van der Waals surface area contributed by atoms with Crippen LogP contribution in [-0.4, -0.2) is 118 Å². The number of anilines is 3. The molecule has 3 atom stereocenters. The maximum atomic E-state index is 15.9. The molecule has 4 aliphatic heterocycles. The smallest absolute Gasteiger partial charge is 0.293 e. The molecule has 16 nitrogen and oxygen atoms in total. The Morgan fingerprint density at radius 1 is 1.00 bits per heavy atom. The summed E-state index contributed by atoms with van der Waals surface area (Å²) in [5, 5.41) is 9.25. The summed E-state index contributed by atoms with van der Waals surface area (Å²) in [6, 6.07) is 12.3. The average molecular weight is 898 g/mol. The molecule has 5 aliphatic rings. The van der Waals surface area contributed by atoms with Crippen LogP contribution in [0.15, 0.2) is 53.5 Å². The van der Waals surface area contributed by atoms with Crippen molar-refractivity contribution in [1.82, 2.24) is 35.0 Å². The van der Waals surface area contributed by atoms with Gasteiger partial charge in [-0.15, -0.1) is 0 Å². The van der Waals surface area contributed by atoms with Crippen molar-refractivity contribution in [3.63, 3.8) is 0 Å². The Hall–Kier alpha value is -5.65. The SMILES string of the molecule is CNC(=O)COc1cc2cc(Nc3nc(N4CCC(OC5CC(N6CC[C@@H](c7ccc8c(c7)CN(C7CCC(=O)NC7=O)C8=O)[C@@H](F)C6)C5)CC4)ncc3Cl)ccc2n(C(C)C)c1=O. The molecular weight excluding hydrogens is 845 g/mol. The summed E-state index contributed by atoms with van der Waals surface area (Å²) < 4.78 is 29.7. The topological polar surface area (TPSA) is 180 Å². The first-order valence-electron chi connectivity index (χ1n) is 22.2. The summed E-state index contributed by atoms with van der Waals surface area (Å²) in [6.07, 6.45) is 5.35. The van der Waals surface area contributed by atoms with Gasteiger partial charge in [-0.25, -0.2) is 9.37 Å². The van der Waals surface area contributed by atoms with Crippen molar-refractivity contribution in [2.24, 2.45) is 0 Å². The van der Waals surface area contributed by atoms with E-state index in [0.717, 1.165) is 54.3 Å². The van der Waals surface area contributed by atoms with Crippen molar-refractivity contribution in [3.8, 4) is 5.75 Å². The van der Waals surface area contributed by atoms with Gasteiger partial charge in [0.1, 0.15) is 17.2 Å². The zero-order chi connectivity index (χ0) is 44.8. The molecule has 338 valence electrons. The third kappa shape index (κ3) is 8.76. The zero-order valence-corrected chi connectivity index (χ0v) is 36.9. The van der Waals surface area contributed by atoms with Crippen LogP contribution in [0.2, 0.25) is 5.02 Å². The molecule has 1 saturated carbocycles. The van der Waals surface area contributed by atoms with Crippen molar-refractivity contribution in [3.05, 3.63) is 80.7 Å². The Kier molecular flexibility index (Phi) is 12.3. The molecule has 3 N–H and O–H groups in total. The number of rotatable bonds is 12. The maximum absolute atomic E-state index is 15.9. The van der Waals surface area contributed by atoms with Crippen molar-refractivity contribution < 1.29 is 33.0 Å². The van der Waals surface area contributed by atoms with Crippen LogP contribution in [0.25, 0.3) is 10.9 Å². The van der Waals surface area contributed by atoms with Gasteiger partial charge >= 0.3 is 0 Å². The Labute approximate surface area is 374 Å². The Morgan fingerprint density at radius 2 is 1.80 bits per heavy atom. The highest BCUT2D eigenvalue weighted by atomic mass is 35.5. The number of likely N-dealkylation sites (N-methyl/N-ethyl adjacent to an activating group) is 1. The summed E-state index contributed by atoms with van der Waals surface area (Å²) in [5.74, 6) is -0.513. The molecule has 9 rings (SSSR count). The van der Waals surface area contributed by atoms with Crippen LogP contribution in [0.5, 0.6) is 5.75 Å². The van der Waals surface area contributed by atoms with E-state index >= 15 is 4.39 Å². The van der Waals surface area contributed by atoms with Crippen molar-refractivity contribution in [2.75, 3.05) is 50.1 Å². The van der Waals surface area contributed by atoms with E-state index in [-0.39, 0.29) is 78.8 Å². The van der Waals surface area contributed by atoms with Gasteiger partial charge < -0.3 is 34.5 Å². The fourth-order valence-corrected chi connectivity index (χ4v) is 9.97. The van der Waals surface area contributed by atoms with E-state index in [1.165, 1.54) is 11.9 Å². The number of imide groups is 1. The maximum Gasteiger partial charge on any atom is 0.293 e. The number of nitrogens with zero attached hydrogens (tertiary/aromatic N) is 6. The number of hydrogen-bond acceptors (Lipinski definition) is 12. The standard InChI is InChI=1S/C46H53ClFN9O7/c1-25(2)57-37-7-5-29(17-27(37)18-39(45(57)62)63-24-41(59)49-3)51-42-35(47)21-50-46(53-42)54-13-10-31(11-14-54)64-32-19-30(20-32)55-15-12-33(36(48)23-55)26-4-6-34-28(16-26)22-56(44(34)61)38-8-9-40(58)52-43(38)60/h4-7,16-18,21,25,30-33,36,38H,8-15,19-20,22-24H2,1-3H3,(H,49,59)(H,50,51,53)(H,52,58,60)/t30?,32?,33-,36-,38?/m0/s1. The predicted molar refractivity (Wildman–Crippen MR) is 238 cm³/mol. The number of amides is 4. The van der Waals surface area contributed by atoms with E-state index in [2.05, 4.69) is 30.7 Å². The Bertz CT molecular complexity index is 2540. The van der Waals surface area contributed by atoms with E-state index in [1.54, 1.807) is 22.9 Å². The first-order chi connectivity index (χ1) is 30.8. The third-order valence-corrected chi connectivity index (χ3v) is 13.7. The predicted octanol–water partition coefficient (Wildman–Crippen LogP) is 5.00. The highest BCUT2D eigenvalue weighted by Crippen LogP contribution is 2.39. The van der Waals surface area contributed by atoms with Gasteiger partial charge in [-0.2, -0.15) is 4.98 Å². The lowest BCUT2D eigenvalue weighted by Gasteiger charge is -2.47. The zero-order valence-electron chi connectivity index (χ0n) is 36.1. The van der Waals surface area contributed by atoms with Gasteiger partial charge in [0.05, 0.1) is 23.9 Å². The number of ether oxygens (including phenoxy) is 2. The summed E-state index contributed by atoms with van der Waals surface area (Å²) >= 11 is 6.59. The van der Waals surface area contributed by atoms with Gasteiger partial charge in [0.25, 0.3) is 17.4 Å². The van der Waals surface area contributed by atoms with Crippen molar-refractivity contribution >= 4 is 63.6 Å². The minimum atomic E-state index is -1.04. The van der Waals surface area contributed by atoms with Gasteiger partial charge in [0.2, 0.25) is 17.8 Å². The van der Waals surface area contributed by atoms with E-state index in [1.807, 2.05) is 44.2 Å². The van der Waals surface area contributed by atoms with E-state index in [4.69, 9.17) is 26.1 Å². The fraction of sp³-hybridized carbons (Fsp3) is 0.500. The molecule has 64 heavy (non-hydrogen) atoms. The Morgan fingerprint density at radius 3 is 2.53 bits per heavy atom. The number of pyridine rings is 1. The molecule has 0 bridgehead atoms. The second-order valence-corrected chi connectivity index (χ2v) is 18.2. The quantitative estimate of drug-likeness (QED) is 0.162. The second-order valence-electron chi connectivity index (χ2n) is 17.8. The Balaban J connectivity index is 0.749. The van der Waals surface area contributed by atoms with E-state index in [9.17, 15) is 24.0 Å². The van der Waals surface area contributed by atoms with Crippen LogP contribution in [0, 0.1) is 0 Å². The highest BCUT2D eigenvalue weighted by molar-refractivity contribution is 6.33. The molecule has 2 aromatic heterocycles. The lowest BCUT2D eigenvalue weighted by Crippen LogP contribution is -2.54. The minimum Gasteiger partial charge on any atom is -0.478 e. The van der Waals surface area contributed by atoms with Crippen molar-refractivity contribution in [2.45, 2.75) is 108 Å². The lowest BCUT2D eigenvalue weighted by molar-refractivity contribution is -0.137. The minimum absolute atomic E-state index is 0.0815. The number of benzene rings is 2. The summed E-state index contributed by atoms with van der Waals surface area (Å²) in [7, 11) is 1.51. The number of halogens is 2. The molecule has 4 fully saturated rings. The van der Waals surface area contributed by atoms with E-state index in [0.29, 0.717) is 60.5 Å². The molecule has 4 aromatic rings. The normalized spacial score (nSPS) is 24.2. The monoisotopic (exact) mass is 897 g/mol. The lowest BCUT2D eigenvalue weighted by atomic mass is 9.82. The first kappa shape index (κ1) is 43.6. The number of fused-ring (bicyclic) bond motifs is 2. The second kappa shape index (κ2) is 18.1. The largest absolute Gasteiger partial charge is 0.478 e. The van der Waals surface area contributed by atoms with Crippen LogP contribution in [-0.2, 0) is 25.7 Å². The molecular formula is C46H53ClFN9O7. The van der Waals surface area contributed by atoms with Gasteiger partial charge in [0, 0.05) is 74.3 Å². The van der Waals surface area contributed by atoms with Crippen LogP contribution in [0.3, 0.4) is 0 Å². The van der Waals surface area contributed by atoms with E-state index < -0.39 is 18.1 Å². The summed E-state index contributed by atoms with van der Waals surface area (Å²) in [6.45, 7) is 6.40. The van der Waals surface area contributed by atoms with Gasteiger partial charge in [-0.05, 0) is 100 Å². The summed E-state index contributed by atoms with van der Waals surface area (Å²) in [5.41, 5.74) is 3.33. The number of aromatic nitrogens is 3. The molecule has 3 saturated heterocycles. The first-order valence-corrected chi connectivity index (χ1v) is 22.6. The molecule has 6 heterocycles. The molecule has 1 unspecified atom stereocenters. The number of carbonyl (C=O) groups excluding carboxylic acids is 4. The third-order valence-electron chi connectivity index (χ3n) is 13.4. The van der Waals surface area contributed by atoms with Crippen LogP contribution < -0.4 is 31.1 Å². The van der Waals surface area contributed by atoms with Gasteiger partial charge in [0.15, 0.2) is 18.2 Å². The highest BCUT2D eigenvalue weighted by Gasteiger charge is 2.42. The van der Waals surface area contributed by atoms with Gasteiger partial charge in [-0.1, -0.05) is 23.7 Å². The molecule has 1 aliphatic carbocycles. The molecule has 4 amide bonds. The molecule has 0 radical (unpaired) electrons. The number of hydrogen-bond donors (Lipinski definition) is 3. The molecule has 18 heteroatoms. The number of nitrogens with one attached hydrogen (secondary N) is 3. The summed E-state index contributed by atoms with van der Waals surface area (Å²) in [4.78, 5) is 77.6. The number of carbonyl (C=O) groups is 4. The van der Waals surface area contributed by atoms with Crippen molar-refractivity contribution in [1.29, 1.82) is 0 Å². The fourth-order valence-electron chi connectivity index (χ4n) is 9.84. The van der Waals surface area contributed by atoms with Crippen LogP contribution >= 0.6 is 11.6 Å². The molecule has 2 aromatic carbocycles. The number of alkyl halides is 1. The van der Waals surface area contributed by atoms with Gasteiger partial charge in [-0.3, -0.25) is 34.2 Å². The number of likely N-dealkylation sites (tertiary alicyclic amines) is 1. The average Bonchev–Trinajstić information content (AvgIpc) is 3.59. The van der Waals surface area contributed by atoms with Crippen LogP contribution in [0.4, 0.5) is 21.8 Å². The van der Waals surface area contributed by atoms with Crippen LogP contribution in [0.1, 0.15) is 92.2 Å². The number of piperidine rings is 3.